The highest BCUT2D eigenvalue weighted by Gasteiger charge is 2.28. The Balaban J connectivity index is 1.48. The number of H-pyrrole nitrogens is 1. The Hall–Kier alpha value is -3.58. The molecule has 0 saturated heterocycles. The van der Waals surface area contributed by atoms with Crippen molar-refractivity contribution >= 4 is 23.3 Å². The van der Waals surface area contributed by atoms with Crippen LogP contribution < -0.4 is 10.9 Å². The zero-order chi connectivity index (χ0) is 20.7. The van der Waals surface area contributed by atoms with Gasteiger partial charge in [0.15, 0.2) is 0 Å². The highest BCUT2D eigenvalue weighted by atomic mass is 35.5. The largest absolute Gasteiger partial charge is 0.364 e. The van der Waals surface area contributed by atoms with Crippen LogP contribution in [-0.4, -0.2) is 32.2 Å². The van der Waals surface area contributed by atoms with Crippen LogP contribution in [0.15, 0.2) is 65.6 Å². The second-order valence-electron chi connectivity index (χ2n) is 7.17. The fourth-order valence-corrected chi connectivity index (χ4v) is 3.85. The summed E-state index contributed by atoms with van der Waals surface area (Å²) >= 11 is 5.96. The van der Waals surface area contributed by atoms with E-state index in [1.54, 1.807) is 35.4 Å². The van der Waals surface area contributed by atoms with Gasteiger partial charge in [-0.2, -0.15) is 9.78 Å². The molecule has 5 rings (SSSR count). The minimum Gasteiger partial charge on any atom is -0.364 e. The van der Waals surface area contributed by atoms with Crippen LogP contribution in [-0.2, 0) is 13.0 Å². The third-order valence-electron chi connectivity index (χ3n) is 5.28. The number of anilines is 1. The van der Waals surface area contributed by atoms with Gasteiger partial charge in [0.05, 0.1) is 17.8 Å². The molecular formula is C22H18ClN5O2. The van der Waals surface area contributed by atoms with Crippen molar-refractivity contribution in [1.82, 2.24) is 19.7 Å². The van der Waals surface area contributed by atoms with Gasteiger partial charge in [-0.3, -0.25) is 4.79 Å². The number of aromatic amines is 1. The molecule has 0 spiro atoms. The number of rotatable bonds is 2. The minimum absolute atomic E-state index is 0.177. The van der Waals surface area contributed by atoms with Crippen LogP contribution in [0.5, 0.6) is 0 Å². The first-order valence-electron chi connectivity index (χ1n) is 9.59. The number of pyridine rings is 1. The third-order valence-corrected chi connectivity index (χ3v) is 5.53. The standard InChI is InChI=1S/C22H18ClN5O2/c23-14-6-8-16(9-7-14)28-21(29)17-12-24-19-10-11-27(13-18(19)20(17)26-28)22(30)25-15-4-2-1-3-5-15/h1-9,12,24H,10-11,13H2,(H,25,30). The number of nitrogens with zero attached hydrogens (tertiary/aromatic N) is 3. The molecule has 0 aliphatic carbocycles. The zero-order valence-corrected chi connectivity index (χ0v) is 16.7. The maximum absolute atomic E-state index is 12.9. The van der Waals surface area contributed by atoms with Gasteiger partial charge in [-0.15, -0.1) is 0 Å². The zero-order valence-electron chi connectivity index (χ0n) is 15.9. The van der Waals surface area contributed by atoms with Crippen LogP contribution in [0.1, 0.15) is 11.3 Å². The maximum atomic E-state index is 12.9. The highest BCUT2D eigenvalue weighted by Crippen LogP contribution is 2.28. The summed E-state index contributed by atoms with van der Waals surface area (Å²) in [5.74, 6) is 0. The van der Waals surface area contributed by atoms with Crippen molar-refractivity contribution in [3.63, 3.8) is 0 Å². The molecule has 3 aliphatic rings. The number of amides is 2. The number of carbonyl (C=O) groups is 1. The number of hydrogen-bond donors (Lipinski definition) is 2. The Bertz CT molecular complexity index is 1250. The van der Waals surface area contributed by atoms with Gasteiger partial charge < -0.3 is 15.2 Å². The summed E-state index contributed by atoms with van der Waals surface area (Å²) in [7, 11) is 0. The molecule has 2 aromatic carbocycles. The number of nitrogens with one attached hydrogen (secondary N) is 2. The lowest BCUT2D eigenvalue weighted by atomic mass is 10.0. The quantitative estimate of drug-likeness (QED) is 0.516. The molecule has 2 N–H and O–H groups in total. The van der Waals surface area contributed by atoms with Gasteiger partial charge in [0.1, 0.15) is 5.69 Å². The Labute approximate surface area is 177 Å². The minimum atomic E-state index is -0.211. The molecule has 3 aliphatic heterocycles. The highest BCUT2D eigenvalue weighted by molar-refractivity contribution is 6.30. The van der Waals surface area contributed by atoms with Crippen molar-refractivity contribution in [3.05, 3.63) is 87.4 Å². The summed E-state index contributed by atoms with van der Waals surface area (Å²) in [5, 5.41) is 8.09. The average molecular weight is 420 g/mol. The maximum Gasteiger partial charge on any atom is 0.322 e. The lowest BCUT2D eigenvalue weighted by Gasteiger charge is -2.29. The van der Waals surface area contributed by atoms with E-state index >= 15 is 0 Å². The molecule has 0 fully saturated rings. The van der Waals surface area contributed by atoms with Gasteiger partial charge >= 0.3 is 6.03 Å². The number of hydrogen-bond acceptors (Lipinski definition) is 3. The summed E-state index contributed by atoms with van der Waals surface area (Å²) < 4.78 is 1.37. The molecular weight excluding hydrogens is 402 g/mol. The van der Waals surface area contributed by atoms with Crippen LogP contribution in [0.25, 0.3) is 16.9 Å². The first-order valence-corrected chi connectivity index (χ1v) is 9.97. The number of halogens is 1. The number of urea groups is 1. The third kappa shape index (κ3) is 3.23. The van der Waals surface area contributed by atoms with Crippen molar-refractivity contribution in [2.24, 2.45) is 0 Å². The Morgan fingerprint density at radius 2 is 1.87 bits per heavy atom. The SMILES string of the molecule is O=C(Nc1ccccc1)N1CCc2[nH]cc3c(=O)n(-c4ccc(Cl)cc4)nc-3c2C1. The number of benzene rings is 2. The molecule has 2 amide bonds. The average Bonchev–Trinajstić information content (AvgIpc) is 3.11. The Morgan fingerprint density at radius 1 is 1.10 bits per heavy atom. The van der Waals surface area contributed by atoms with Gasteiger partial charge in [-0.05, 0) is 36.4 Å². The van der Waals surface area contributed by atoms with Crippen molar-refractivity contribution in [1.29, 1.82) is 0 Å². The van der Waals surface area contributed by atoms with E-state index in [4.69, 9.17) is 11.6 Å². The smallest absolute Gasteiger partial charge is 0.322 e. The van der Waals surface area contributed by atoms with E-state index < -0.39 is 0 Å². The van der Waals surface area contributed by atoms with Crippen LogP contribution in [0.4, 0.5) is 10.5 Å². The van der Waals surface area contributed by atoms with E-state index in [9.17, 15) is 9.59 Å². The van der Waals surface area contributed by atoms with Crippen molar-refractivity contribution < 1.29 is 4.79 Å². The molecule has 0 unspecified atom stereocenters. The fourth-order valence-electron chi connectivity index (χ4n) is 3.72. The van der Waals surface area contributed by atoms with Gasteiger partial charge in [0.2, 0.25) is 0 Å². The molecule has 0 atom stereocenters. The number of aromatic nitrogens is 3. The first kappa shape index (κ1) is 18.4. The molecule has 2 aromatic rings. The van der Waals surface area contributed by atoms with Crippen molar-refractivity contribution in [2.75, 3.05) is 11.9 Å². The van der Waals surface area contributed by atoms with E-state index in [1.807, 2.05) is 30.3 Å². The molecule has 0 radical (unpaired) electrons. The fraction of sp³-hybridized carbons (Fsp3) is 0.136. The number of carbonyl (C=O) groups excluding carboxylic acids is 1. The molecule has 7 nitrogen and oxygen atoms in total. The van der Waals surface area contributed by atoms with Gasteiger partial charge in [0.25, 0.3) is 5.56 Å². The Morgan fingerprint density at radius 3 is 2.63 bits per heavy atom. The molecule has 0 aromatic heterocycles. The van der Waals surface area contributed by atoms with E-state index in [2.05, 4.69) is 15.4 Å². The van der Waals surface area contributed by atoms with Crippen LogP contribution in [0.3, 0.4) is 0 Å². The number of para-hydroxylation sites is 1. The van der Waals surface area contributed by atoms with Crippen molar-refractivity contribution in [2.45, 2.75) is 13.0 Å². The summed E-state index contributed by atoms with van der Waals surface area (Å²) in [6.07, 6.45) is 2.37. The van der Waals surface area contributed by atoms with Crippen molar-refractivity contribution in [3.8, 4) is 16.9 Å². The van der Waals surface area contributed by atoms with Gasteiger partial charge in [-0.25, -0.2) is 4.79 Å². The predicted molar refractivity (Wildman–Crippen MR) is 115 cm³/mol. The van der Waals surface area contributed by atoms with Gasteiger partial charge in [0, 0.05) is 41.1 Å². The predicted octanol–water partition coefficient (Wildman–Crippen LogP) is 3.91. The molecule has 0 saturated carbocycles. The monoisotopic (exact) mass is 419 g/mol. The Kier molecular flexibility index (Phi) is 4.52. The number of fused-ring (bicyclic) bond motifs is 3. The van der Waals surface area contributed by atoms with E-state index in [0.717, 1.165) is 16.9 Å². The molecule has 3 heterocycles. The summed E-state index contributed by atoms with van der Waals surface area (Å²) in [5.41, 5.74) is 4.14. The molecule has 30 heavy (non-hydrogen) atoms. The summed E-state index contributed by atoms with van der Waals surface area (Å²) in [6, 6.07) is 16.1. The molecule has 8 heteroatoms. The molecule has 150 valence electrons. The van der Waals surface area contributed by atoms with E-state index in [1.165, 1.54) is 4.68 Å². The lowest BCUT2D eigenvalue weighted by Crippen LogP contribution is -2.39. The second-order valence-corrected chi connectivity index (χ2v) is 7.61. The van der Waals surface area contributed by atoms with Crippen LogP contribution in [0.2, 0.25) is 5.02 Å². The first-order chi connectivity index (χ1) is 14.6. The summed E-state index contributed by atoms with van der Waals surface area (Å²) in [6.45, 7) is 0.953. The lowest BCUT2D eigenvalue weighted by molar-refractivity contribution is 0.206. The second kappa shape index (κ2) is 7.35. The van der Waals surface area contributed by atoms with Crippen LogP contribution in [0, 0.1) is 0 Å². The topological polar surface area (TPSA) is 83.0 Å². The van der Waals surface area contributed by atoms with E-state index in [0.29, 0.717) is 41.5 Å². The van der Waals surface area contributed by atoms with E-state index in [-0.39, 0.29) is 11.6 Å². The summed E-state index contributed by atoms with van der Waals surface area (Å²) in [4.78, 5) is 30.6. The normalized spacial score (nSPS) is 13.3. The van der Waals surface area contributed by atoms with Crippen LogP contribution >= 0.6 is 11.6 Å². The van der Waals surface area contributed by atoms with Gasteiger partial charge in [-0.1, -0.05) is 29.8 Å². The molecule has 0 bridgehead atoms.